The monoisotopic (exact) mass is 333 g/mol. The Hall–Kier alpha value is -1.36. The van der Waals surface area contributed by atoms with Crippen molar-refractivity contribution in [3.05, 3.63) is 53.3 Å². The molecule has 2 aromatic rings. The molecule has 1 N–H and O–H groups in total. The molecule has 4 nitrogen and oxygen atoms in total. The second-order valence-electron chi connectivity index (χ2n) is 6.20. The van der Waals surface area contributed by atoms with Crippen LogP contribution in [0.3, 0.4) is 0 Å². The first-order valence-corrected chi connectivity index (χ1v) is 8.67. The SMILES string of the molecule is C[C@H](NC[C@H](c1ccc(Cl)cc1)n1cccn1)C1CCOCC1. The fraction of sp³-hybridized carbons (Fsp3) is 0.500. The summed E-state index contributed by atoms with van der Waals surface area (Å²) < 4.78 is 7.47. The number of ether oxygens (including phenoxy) is 1. The third-order valence-electron chi connectivity index (χ3n) is 4.71. The molecule has 1 fully saturated rings. The number of halogens is 1. The second-order valence-corrected chi connectivity index (χ2v) is 6.64. The number of benzene rings is 1. The maximum atomic E-state index is 6.02. The molecule has 1 saturated heterocycles. The first-order valence-electron chi connectivity index (χ1n) is 8.30. The normalized spacial score (nSPS) is 18.7. The van der Waals surface area contributed by atoms with E-state index in [1.54, 1.807) is 0 Å². The minimum absolute atomic E-state index is 0.171. The summed E-state index contributed by atoms with van der Waals surface area (Å²) >= 11 is 6.02. The molecule has 0 radical (unpaired) electrons. The van der Waals surface area contributed by atoms with Gasteiger partial charge in [0, 0.05) is 43.2 Å². The van der Waals surface area contributed by atoms with Crippen LogP contribution in [0.15, 0.2) is 42.7 Å². The molecule has 1 aromatic carbocycles. The van der Waals surface area contributed by atoms with Crippen molar-refractivity contribution in [1.29, 1.82) is 0 Å². The van der Waals surface area contributed by atoms with Gasteiger partial charge < -0.3 is 10.1 Å². The predicted molar refractivity (Wildman–Crippen MR) is 92.8 cm³/mol. The van der Waals surface area contributed by atoms with Crippen molar-refractivity contribution in [3.8, 4) is 0 Å². The van der Waals surface area contributed by atoms with E-state index < -0.39 is 0 Å². The number of rotatable bonds is 6. The van der Waals surface area contributed by atoms with Crippen LogP contribution in [0.5, 0.6) is 0 Å². The maximum absolute atomic E-state index is 6.02. The van der Waals surface area contributed by atoms with Crippen LogP contribution in [0.2, 0.25) is 5.02 Å². The maximum Gasteiger partial charge on any atom is 0.0892 e. The van der Waals surface area contributed by atoms with Gasteiger partial charge in [-0.3, -0.25) is 4.68 Å². The Labute approximate surface area is 142 Å². The molecule has 3 rings (SSSR count). The van der Waals surface area contributed by atoms with Gasteiger partial charge in [0.15, 0.2) is 0 Å². The third kappa shape index (κ3) is 4.34. The molecule has 2 heterocycles. The van der Waals surface area contributed by atoms with E-state index in [4.69, 9.17) is 16.3 Å². The summed E-state index contributed by atoms with van der Waals surface area (Å²) in [4.78, 5) is 0. The van der Waals surface area contributed by atoms with Crippen molar-refractivity contribution in [1.82, 2.24) is 15.1 Å². The van der Waals surface area contributed by atoms with Gasteiger partial charge in [0.25, 0.3) is 0 Å². The summed E-state index contributed by atoms with van der Waals surface area (Å²) in [7, 11) is 0. The van der Waals surface area contributed by atoms with Crippen LogP contribution >= 0.6 is 11.6 Å². The molecule has 2 atom stereocenters. The molecule has 1 aromatic heterocycles. The Morgan fingerprint density at radius 2 is 2.04 bits per heavy atom. The number of hydrogen-bond donors (Lipinski definition) is 1. The Balaban J connectivity index is 1.68. The molecule has 0 aliphatic carbocycles. The van der Waals surface area contributed by atoms with Crippen LogP contribution in [0, 0.1) is 5.92 Å². The number of nitrogens with zero attached hydrogens (tertiary/aromatic N) is 2. The van der Waals surface area contributed by atoms with Gasteiger partial charge in [-0.05, 0) is 49.4 Å². The highest BCUT2D eigenvalue weighted by atomic mass is 35.5. The molecule has 1 aliphatic heterocycles. The summed E-state index contributed by atoms with van der Waals surface area (Å²) in [5, 5.41) is 8.89. The van der Waals surface area contributed by atoms with Crippen LogP contribution in [0.25, 0.3) is 0 Å². The van der Waals surface area contributed by atoms with E-state index in [1.807, 2.05) is 35.3 Å². The van der Waals surface area contributed by atoms with Crippen molar-refractivity contribution in [2.45, 2.75) is 31.8 Å². The molecule has 23 heavy (non-hydrogen) atoms. The zero-order valence-electron chi connectivity index (χ0n) is 13.5. The van der Waals surface area contributed by atoms with E-state index in [9.17, 15) is 0 Å². The van der Waals surface area contributed by atoms with Crippen molar-refractivity contribution < 1.29 is 4.74 Å². The molecule has 0 unspecified atom stereocenters. The molecule has 0 saturated carbocycles. The highest BCUT2D eigenvalue weighted by Crippen LogP contribution is 2.22. The Kier molecular flexibility index (Phi) is 5.70. The minimum atomic E-state index is 0.171. The van der Waals surface area contributed by atoms with Crippen molar-refractivity contribution in [2.24, 2.45) is 5.92 Å². The lowest BCUT2D eigenvalue weighted by Gasteiger charge is -2.30. The molecule has 5 heteroatoms. The van der Waals surface area contributed by atoms with E-state index in [0.717, 1.165) is 37.6 Å². The molecular formula is C18H24ClN3O. The number of hydrogen-bond acceptors (Lipinski definition) is 3. The van der Waals surface area contributed by atoms with Gasteiger partial charge >= 0.3 is 0 Å². The lowest BCUT2D eigenvalue weighted by molar-refractivity contribution is 0.0556. The zero-order valence-corrected chi connectivity index (χ0v) is 14.2. The highest BCUT2D eigenvalue weighted by Gasteiger charge is 2.22. The molecule has 0 amide bonds. The average Bonchev–Trinajstić information content (AvgIpc) is 3.11. The summed E-state index contributed by atoms with van der Waals surface area (Å²) in [5.41, 5.74) is 1.21. The Bertz CT molecular complexity index is 579. The average molecular weight is 334 g/mol. The predicted octanol–water partition coefficient (Wildman–Crippen LogP) is 3.53. The van der Waals surface area contributed by atoms with Gasteiger partial charge in [0.2, 0.25) is 0 Å². The summed E-state index contributed by atoms with van der Waals surface area (Å²) in [6.07, 6.45) is 6.12. The van der Waals surface area contributed by atoms with Crippen LogP contribution < -0.4 is 5.32 Å². The van der Waals surface area contributed by atoms with Crippen LogP contribution in [0.1, 0.15) is 31.4 Å². The zero-order chi connectivity index (χ0) is 16.1. The summed E-state index contributed by atoms with van der Waals surface area (Å²) in [6, 6.07) is 10.6. The van der Waals surface area contributed by atoms with Crippen molar-refractivity contribution in [3.63, 3.8) is 0 Å². The van der Waals surface area contributed by atoms with Crippen molar-refractivity contribution >= 4 is 11.6 Å². The van der Waals surface area contributed by atoms with Crippen LogP contribution in [-0.2, 0) is 4.74 Å². The topological polar surface area (TPSA) is 39.1 Å². The Morgan fingerprint density at radius 1 is 1.30 bits per heavy atom. The summed E-state index contributed by atoms with van der Waals surface area (Å²) in [6.45, 7) is 4.90. The lowest BCUT2D eigenvalue weighted by atomic mass is 9.92. The van der Waals surface area contributed by atoms with Gasteiger partial charge in [0.1, 0.15) is 0 Å². The van der Waals surface area contributed by atoms with Gasteiger partial charge in [-0.1, -0.05) is 23.7 Å². The van der Waals surface area contributed by atoms with Gasteiger partial charge in [-0.15, -0.1) is 0 Å². The van der Waals surface area contributed by atoms with E-state index in [-0.39, 0.29) is 6.04 Å². The molecule has 1 aliphatic rings. The van der Waals surface area contributed by atoms with Gasteiger partial charge in [0.05, 0.1) is 6.04 Å². The number of nitrogens with one attached hydrogen (secondary N) is 1. The first kappa shape index (κ1) is 16.5. The molecule has 124 valence electrons. The van der Waals surface area contributed by atoms with Gasteiger partial charge in [-0.2, -0.15) is 5.10 Å². The Morgan fingerprint density at radius 3 is 2.70 bits per heavy atom. The summed E-state index contributed by atoms with van der Waals surface area (Å²) in [5.74, 6) is 0.687. The van der Waals surface area contributed by atoms with Crippen molar-refractivity contribution in [2.75, 3.05) is 19.8 Å². The fourth-order valence-electron chi connectivity index (χ4n) is 3.19. The quantitative estimate of drug-likeness (QED) is 0.879. The second kappa shape index (κ2) is 7.95. The van der Waals surface area contributed by atoms with E-state index >= 15 is 0 Å². The van der Waals surface area contributed by atoms with Crippen LogP contribution in [-0.4, -0.2) is 35.6 Å². The fourth-order valence-corrected chi connectivity index (χ4v) is 3.32. The first-order chi connectivity index (χ1) is 11.2. The smallest absolute Gasteiger partial charge is 0.0892 e. The molecular weight excluding hydrogens is 310 g/mol. The third-order valence-corrected chi connectivity index (χ3v) is 4.96. The molecule has 0 spiro atoms. The standard InChI is InChI=1S/C18H24ClN3O/c1-14(15-7-11-23-12-8-15)20-13-18(22-10-2-9-21-22)16-3-5-17(19)6-4-16/h2-6,9-10,14-15,18,20H,7-8,11-13H2,1H3/t14-,18+/m0/s1. The lowest BCUT2D eigenvalue weighted by Crippen LogP contribution is -2.40. The van der Waals surface area contributed by atoms with Crippen LogP contribution in [0.4, 0.5) is 0 Å². The minimum Gasteiger partial charge on any atom is -0.381 e. The van der Waals surface area contributed by atoms with E-state index in [0.29, 0.717) is 12.0 Å². The molecule has 0 bridgehead atoms. The number of aromatic nitrogens is 2. The van der Waals surface area contributed by atoms with E-state index in [2.05, 4.69) is 29.5 Å². The highest BCUT2D eigenvalue weighted by molar-refractivity contribution is 6.30. The largest absolute Gasteiger partial charge is 0.381 e. The van der Waals surface area contributed by atoms with Gasteiger partial charge in [-0.25, -0.2) is 0 Å². The van der Waals surface area contributed by atoms with E-state index in [1.165, 1.54) is 5.56 Å².